The maximum atomic E-state index is 10.2. The summed E-state index contributed by atoms with van der Waals surface area (Å²) in [4.78, 5) is 0. The van der Waals surface area contributed by atoms with E-state index in [1.54, 1.807) is 18.2 Å². The van der Waals surface area contributed by atoms with Crippen molar-refractivity contribution in [1.82, 2.24) is 15.1 Å². The molecule has 6 heteroatoms. The second-order valence-electron chi connectivity index (χ2n) is 4.66. The lowest BCUT2D eigenvalue weighted by Crippen LogP contribution is -2.21. The van der Waals surface area contributed by atoms with Crippen LogP contribution in [0.2, 0.25) is 10.0 Å². The van der Waals surface area contributed by atoms with Gasteiger partial charge in [-0.05, 0) is 19.1 Å². The minimum absolute atomic E-state index is 0.373. The summed E-state index contributed by atoms with van der Waals surface area (Å²) in [6.07, 6.45) is 1.07. The molecular weight excluding hydrogens is 297 g/mol. The van der Waals surface area contributed by atoms with E-state index >= 15 is 0 Å². The van der Waals surface area contributed by atoms with Crippen LogP contribution in [0.3, 0.4) is 0 Å². The number of hydrogen-bond acceptors (Lipinski definition) is 3. The van der Waals surface area contributed by atoms with Crippen molar-refractivity contribution >= 4 is 23.2 Å². The number of hydrogen-bond donors (Lipinski definition) is 2. The number of benzene rings is 1. The highest BCUT2D eigenvalue weighted by Gasteiger charge is 2.15. The minimum atomic E-state index is -0.742. The van der Waals surface area contributed by atoms with Crippen LogP contribution in [0.5, 0.6) is 0 Å². The fraction of sp³-hybridized carbons (Fsp3) is 0.357. The predicted octanol–water partition coefficient (Wildman–Crippen LogP) is 2.86. The van der Waals surface area contributed by atoms with Crippen molar-refractivity contribution in [3.05, 3.63) is 51.3 Å². The maximum absolute atomic E-state index is 10.2. The summed E-state index contributed by atoms with van der Waals surface area (Å²) in [5.41, 5.74) is 2.76. The first-order valence-electron chi connectivity index (χ1n) is 6.31. The van der Waals surface area contributed by atoms with Crippen molar-refractivity contribution in [2.24, 2.45) is 7.05 Å². The van der Waals surface area contributed by atoms with Gasteiger partial charge in [0.25, 0.3) is 0 Å². The van der Waals surface area contributed by atoms with Crippen molar-refractivity contribution in [3.8, 4) is 0 Å². The highest BCUT2D eigenvalue weighted by atomic mass is 35.5. The van der Waals surface area contributed by atoms with Crippen molar-refractivity contribution in [3.63, 3.8) is 0 Å². The van der Waals surface area contributed by atoms with E-state index in [4.69, 9.17) is 23.2 Å². The van der Waals surface area contributed by atoms with Crippen LogP contribution in [-0.4, -0.2) is 21.4 Å². The second-order valence-corrected chi connectivity index (χ2v) is 5.48. The Morgan fingerprint density at radius 2 is 2.00 bits per heavy atom. The van der Waals surface area contributed by atoms with Gasteiger partial charge >= 0.3 is 0 Å². The molecule has 4 nitrogen and oxygen atoms in total. The summed E-state index contributed by atoms with van der Waals surface area (Å²) in [7, 11) is 1.90. The molecule has 0 fully saturated rings. The van der Waals surface area contributed by atoms with Gasteiger partial charge in [0.1, 0.15) is 0 Å². The monoisotopic (exact) mass is 313 g/mol. The topological polar surface area (TPSA) is 50.1 Å². The fourth-order valence-corrected chi connectivity index (χ4v) is 2.64. The first-order chi connectivity index (χ1) is 9.50. The van der Waals surface area contributed by atoms with E-state index in [2.05, 4.69) is 10.4 Å². The van der Waals surface area contributed by atoms with Crippen molar-refractivity contribution in [2.45, 2.75) is 19.6 Å². The molecule has 2 rings (SSSR count). The lowest BCUT2D eigenvalue weighted by molar-refractivity contribution is 0.174. The molecule has 0 saturated carbocycles. The van der Waals surface area contributed by atoms with Crippen LogP contribution in [0.1, 0.15) is 22.9 Å². The zero-order valence-corrected chi connectivity index (χ0v) is 12.9. The Bertz CT molecular complexity index is 578. The molecule has 0 saturated heterocycles. The lowest BCUT2D eigenvalue weighted by atomic mass is 10.1. The number of nitrogens with zero attached hydrogens (tertiary/aromatic N) is 2. The van der Waals surface area contributed by atoms with Gasteiger partial charge in [-0.1, -0.05) is 29.3 Å². The lowest BCUT2D eigenvalue weighted by Gasteiger charge is -2.15. The predicted molar refractivity (Wildman–Crippen MR) is 81.1 cm³/mol. The maximum Gasteiger partial charge on any atom is 0.0943 e. The van der Waals surface area contributed by atoms with Crippen LogP contribution < -0.4 is 5.32 Å². The van der Waals surface area contributed by atoms with Crippen LogP contribution in [0.4, 0.5) is 0 Å². The Balaban J connectivity index is 1.96. The fourth-order valence-electron chi connectivity index (χ4n) is 1.99. The van der Waals surface area contributed by atoms with Crippen LogP contribution in [-0.2, 0) is 13.6 Å². The third-order valence-corrected chi connectivity index (χ3v) is 3.98. The molecule has 1 unspecified atom stereocenters. The summed E-state index contributed by atoms with van der Waals surface area (Å²) in [6, 6.07) is 5.20. The Morgan fingerprint density at radius 1 is 1.35 bits per heavy atom. The van der Waals surface area contributed by atoms with E-state index in [1.165, 1.54) is 0 Å². The van der Waals surface area contributed by atoms with Gasteiger partial charge in [-0.15, -0.1) is 0 Å². The third kappa shape index (κ3) is 3.33. The van der Waals surface area contributed by atoms with E-state index in [-0.39, 0.29) is 0 Å². The second kappa shape index (κ2) is 6.59. The molecule has 108 valence electrons. The van der Waals surface area contributed by atoms with Gasteiger partial charge in [0.2, 0.25) is 0 Å². The summed E-state index contributed by atoms with van der Waals surface area (Å²) < 4.78 is 1.82. The first-order valence-corrected chi connectivity index (χ1v) is 7.06. The summed E-state index contributed by atoms with van der Waals surface area (Å²) in [6.45, 7) is 3.02. The van der Waals surface area contributed by atoms with Crippen LogP contribution >= 0.6 is 23.2 Å². The summed E-state index contributed by atoms with van der Waals surface area (Å²) in [5.74, 6) is 0. The molecule has 0 aliphatic rings. The van der Waals surface area contributed by atoms with Gasteiger partial charge in [0.05, 0.1) is 12.3 Å². The van der Waals surface area contributed by atoms with Crippen LogP contribution in [0.25, 0.3) is 0 Å². The van der Waals surface area contributed by atoms with Crippen LogP contribution in [0, 0.1) is 6.92 Å². The highest BCUT2D eigenvalue weighted by molar-refractivity contribution is 6.36. The van der Waals surface area contributed by atoms with E-state index in [9.17, 15) is 5.11 Å². The zero-order valence-electron chi connectivity index (χ0n) is 11.4. The standard InChI is InChI=1S/C14H17Cl2N3O/c1-9-10(7-18-19(9)2)6-17-8-13(20)14-11(15)4-3-5-12(14)16/h3-5,7,13,17,20H,6,8H2,1-2H3. The number of halogens is 2. The van der Waals surface area contributed by atoms with Crippen molar-refractivity contribution < 1.29 is 5.11 Å². The van der Waals surface area contributed by atoms with Gasteiger partial charge in [0.15, 0.2) is 0 Å². The highest BCUT2D eigenvalue weighted by Crippen LogP contribution is 2.29. The SMILES string of the molecule is Cc1c(CNCC(O)c2c(Cl)cccc2Cl)cnn1C. The number of nitrogens with one attached hydrogen (secondary N) is 1. The molecule has 1 aromatic carbocycles. The molecule has 2 N–H and O–H groups in total. The zero-order chi connectivity index (χ0) is 14.7. The van der Waals surface area contributed by atoms with E-state index in [0.29, 0.717) is 28.7 Å². The minimum Gasteiger partial charge on any atom is -0.387 e. The van der Waals surface area contributed by atoms with E-state index in [0.717, 1.165) is 11.3 Å². The summed E-state index contributed by atoms with van der Waals surface area (Å²) >= 11 is 12.1. The Morgan fingerprint density at radius 3 is 2.55 bits per heavy atom. The van der Waals surface area contributed by atoms with Gasteiger partial charge in [-0.25, -0.2) is 0 Å². The molecule has 0 aliphatic carbocycles. The average Bonchev–Trinajstić information content (AvgIpc) is 2.70. The Hall–Kier alpha value is -1.07. The van der Waals surface area contributed by atoms with Crippen LogP contribution in [0.15, 0.2) is 24.4 Å². The van der Waals surface area contributed by atoms with Gasteiger partial charge < -0.3 is 10.4 Å². The third-order valence-electron chi connectivity index (χ3n) is 3.32. The van der Waals surface area contributed by atoms with Gasteiger partial charge in [0, 0.05) is 47.0 Å². The normalized spacial score (nSPS) is 12.7. The molecule has 0 bridgehead atoms. The molecule has 20 heavy (non-hydrogen) atoms. The Labute approximate surface area is 128 Å². The molecule has 0 aliphatic heterocycles. The van der Waals surface area contributed by atoms with Crippen molar-refractivity contribution in [1.29, 1.82) is 0 Å². The van der Waals surface area contributed by atoms with Gasteiger partial charge in [-0.2, -0.15) is 5.10 Å². The molecule has 0 amide bonds. The molecule has 0 radical (unpaired) electrons. The molecule has 0 spiro atoms. The number of aromatic nitrogens is 2. The van der Waals surface area contributed by atoms with E-state index in [1.807, 2.05) is 24.9 Å². The molecule has 2 aromatic rings. The number of aliphatic hydroxyl groups excluding tert-OH is 1. The molecule has 1 aromatic heterocycles. The number of rotatable bonds is 5. The quantitative estimate of drug-likeness (QED) is 0.892. The number of aryl methyl sites for hydroxylation is 1. The smallest absolute Gasteiger partial charge is 0.0943 e. The first kappa shape index (κ1) is 15.3. The van der Waals surface area contributed by atoms with E-state index < -0.39 is 6.10 Å². The average molecular weight is 314 g/mol. The summed E-state index contributed by atoms with van der Waals surface area (Å²) in [5, 5.41) is 18.5. The molecular formula is C14H17Cl2N3O. The molecule has 1 heterocycles. The number of aliphatic hydroxyl groups is 1. The van der Waals surface area contributed by atoms with Crippen molar-refractivity contribution in [2.75, 3.05) is 6.54 Å². The Kier molecular flexibility index (Phi) is 5.05. The van der Waals surface area contributed by atoms with Gasteiger partial charge in [-0.3, -0.25) is 4.68 Å². The molecule has 1 atom stereocenters. The largest absolute Gasteiger partial charge is 0.387 e.